The molecule has 0 bridgehead atoms. The highest BCUT2D eigenvalue weighted by Crippen LogP contribution is 2.21. The van der Waals surface area contributed by atoms with E-state index in [4.69, 9.17) is 10.5 Å². The number of halogens is 1. The van der Waals surface area contributed by atoms with E-state index in [9.17, 15) is 9.18 Å². The Kier molecular flexibility index (Phi) is 4.63. The van der Waals surface area contributed by atoms with E-state index in [2.05, 4.69) is 0 Å². The Hall–Kier alpha value is -2.30. The van der Waals surface area contributed by atoms with Crippen LogP contribution in [0, 0.1) is 5.82 Å². The Balaban J connectivity index is 2.28. The number of primary amides is 1. The number of methoxy groups -OCH3 is 1. The summed E-state index contributed by atoms with van der Waals surface area (Å²) in [5, 5.41) is 0. The highest BCUT2D eigenvalue weighted by Gasteiger charge is 2.13. The summed E-state index contributed by atoms with van der Waals surface area (Å²) < 4.78 is 19.2. The van der Waals surface area contributed by atoms with Crippen LogP contribution in [-0.4, -0.2) is 20.9 Å². The fourth-order valence-electron chi connectivity index (χ4n) is 2.41. The Morgan fingerprint density at radius 2 is 2.05 bits per heavy atom. The van der Waals surface area contributed by atoms with Crippen molar-refractivity contribution in [1.82, 2.24) is 0 Å². The van der Waals surface area contributed by atoms with E-state index in [-0.39, 0.29) is 5.56 Å². The van der Waals surface area contributed by atoms with Gasteiger partial charge in [-0.25, -0.2) is 4.39 Å². The number of benzene rings is 2. The molecule has 0 saturated carbocycles. The molecular weight excluding hydrogens is 268 g/mol. The first-order chi connectivity index (χ1) is 10.0. The Labute approximate surface area is 124 Å². The molecule has 0 unspecified atom stereocenters. The number of carbonyl (C=O) groups is 1. The molecule has 1 amide bonds. The van der Waals surface area contributed by atoms with Gasteiger partial charge in [0, 0.05) is 11.1 Å². The molecule has 0 heterocycles. The van der Waals surface area contributed by atoms with Crippen LogP contribution in [-0.2, 0) is 12.8 Å². The zero-order valence-electron chi connectivity index (χ0n) is 12.2. The zero-order valence-corrected chi connectivity index (χ0v) is 12.2. The Morgan fingerprint density at radius 1 is 1.29 bits per heavy atom. The van der Waals surface area contributed by atoms with Gasteiger partial charge < -0.3 is 10.5 Å². The summed E-state index contributed by atoms with van der Waals surface area (Å²) in [6.45, 7) is 0. The van der Waals surface area contributed by atoms with Gasteiger partial charge in [-0.15, -0.1) is 0 Å². The summed E-state index contributed by atoms with van der Waals surface area (Å²) in [5.74, 6) is -0.254. The number of carbonyl (C=O) groups excluding carboxylic acids is 1. The van der Waals surface area contributed by atoms with Gasteiger partial charge in [0.25, 0.3) is 0 Å². The smallest absolute Gasteiger partial charge is 0.249 e. The Bertz CT molecular complexity index is 673. The lowest BCUT2D eigenvalue weighted by Crippen LogP contribution is -2.15. The average molecular weight is 285 g/mol. The zero-order chi connectivity index (χ0) is 15.4. The van der Waals surface area contributed by atoms with Crippen LogP contribution in [0.15, 0.2) is 36.4 Å². The van der Waals surface area contributed by atoms with Gasteiger partial charge in [-0.3, -0.25) is 4.79 Å². The van der Waals surface area contributed by atoms with Crippen molar-refractivity contribution in [3.8, 4) is 5.75 Å². The molecule has 0 radical (unpaired) electrons. The van der Waals surface area contributed by atoms with Crippen LogP contribution in [0.1, 0.15) is 21.5 Å². The van der Waals surface area contributed by atoms with Crippen LogP contribution >= 0.6 is 0 Å². The van der Waals surface area contributed by atoms with Crippen LogP contribution < -0.4 is 15.9 Å². The number of ether oxygens (including phenoxy) is 1. The van der Waals surface area contributed by atoms with Crippen molar-refractivity contribution in [3.63, 3.8) is 0 Å². The van der Waals surface area contributed by atoms with Gasteiger partial charge in [-0.1, -0.05) is 23.7 Å². The van der Waals surface area contributed by atoms with Gasteiger partial charge in [0.05, 0.1) is 7.11 Å². The quantitative estimate of drug-likeness (QED) is 0.832. The van der Waals surface area contributed by atoms with Crippen molar-refractivity contribution in [2.75, 3.05) is 7.11 Å². The number of amides is 1. The van der Waals surface area contributed by atoms with E-state index < -0.39 is 11.7 Å². The normalized spacial score (nSPS) is 10.4. The van der Waals surface area contributed by atoms with Gasteiger partial charge in [-0.2, -0.15) is 0 Å². The molecule has 0 fully saturated rings. The highest BCUT2D eigenvalue weighted by atomic mass is 19.1. The van der Waals surface area contributed by atoms with E-state index in [1.165, 1.54) is 12.1 Å². The molecule has 2 aromatic rings. The monoisotopic (exact) mass is 285 g/mol. The number of hydrogen-bond donors (Lipinski definition) is 1. The predicted octanol–water partition coefficient (Wildman–Crippen LogP) is 0.977. The average Bonchev–Trinajstić information content (AvgIpc) is 2.45. The minimum absolute atomic E-state index is 0.238. The summed E-state index contributed by atoms with van der Waals surface area (Å²) in [4.78, 5) is 11.4. The van der Waals surface area contributed by atoms with Gasteiger partial charge in [0.1, 0.15) is 19.4 Å². The maximum Gasteiger partial charge on any atom is 0.249 e. The van der Waals surface area contributed by atoms with E-state index in [1.54, 1.807) is 13.2 Å². The summed E-state index contributed by atoms with van der Waals surface area (Å²) >= 11 is 0. The molecule has 3 nitrogen and oxygen atoms in total. The van der Waals surface area contributed by atoms with E-state index >= 15 is 0 Å². The molecule has 0 spiro atoms. The Morgan fingerprint density at radius 3 is 2.71 bits per heavy atom. The van der Waals surface area contributed by atoms with E-state index in [1.807, 2.05) is 26.0 Å². The highest BCUT2D eigenvalue weighted by molar-refractivity contribution is 6.32. The standard InChI is InChI=1S/C16H17BFNO2/c1-21-15-8-6-11(17)9-10(15)5-7-12-13(16(19)20)3-2-4-14(12)18/h2-4,6,8-9H,5,7,17H2,1H3,(H2,19,20). The maximum absolute atomic E-state index is 13.9. The third-order valence-electron chi connectivity index (χ3n) is 3.46. The minimum Gasteiger partial charge on any atom is -0.496 e. The third kappa shape index (κ3) is 3.43. The molecule has 0 saturated heterocycles. The SMILES string of the molecule is Bc1ccc(OC)c(CCc2c(F)cccc2C(N)=O)c1. The van der Waals surface area contributed by atoms with Crippen molar-refractivity contribution in [3.05, 3.63) is 58.9 Å². The number of rotatable bonds is 5. The van der Waals surface area contributed by atoms with Crippen LogP contribution in [0.3, 0.4) is 0 Å². The van der Waals surface area contributed by atoms with Gasteiger partial charge in [0.2, 0.25) is 5.91 Å². The maximum atomic E-state index is 13.9. The molecular formula is C16H17BFNO2. The molecule has 2 N–H and O–H groups in total. The second-order valence-corrected chi connectivity index (χ2v) is 4.95. The second-order valence-electron chi connectivity index (χ2n) is 4.95. The number of nitrogens with two attached hydrogens (primary N) is 1. The lowest BCUT2D eigenvalue weighted by atomic mass is 9.91. The third-order valence-corrected chi connectivity index (χ3v) is 3.46. The van der Waals surface area contributed by atoms with E-state index in [0.717, 1.165) is 16.8 Å². The topological polar surface area (TPSA) is 52.3 Å². The van der Waals surface area contributed by atoms with Crippen molar-refractivity contribution >= 4 is 19.2 Å². The van der Waals surface area contributed by atoms with Crippen LogP contribution in [0.2, 0.25) is 0 Å². The lowest BCUT2D eigenvalue weighted by Gasteiger charge is -2.11. The summed E-state index contributed by atoms with van der Waals surface area (Å²) in [6.07, 6.45) is 0.969. The van der Waals surface area contributed by atoms with Crippen molar-refractivity contribution in [1.29, 1.82) is 0 Å². The molecule has 21 heavy (non-hydrogen) atoms. The van der Waals surface area contributed by atoms with Crippen molar-refractivity contribution in [2.24, 2.45) is 5.73 Å². The van der Waals surface area contributed by atoms with Crippen LogP contribution in [0.4, 0.5) is 4.39 Å². The first-order valence-electron chi connectivity index (χ1n) is 6.73. The molecule has 5 heteroatoms. The molecule has 0 aliphatic heterocycles. The molecule has 0 aliphatic rings. The fourth-order valence-corrected chi connectivity index (χ4v) is 2.41. The van der Waals surface area contributed by atoms with Crippen molar-refractivity contribution in [2.45, 2.75) is 12.8 Å². The fraction of sp³-hybridized carbons (Fsp3) is 0.188. The van der Waals surface area contributed by atoms with Gasteiger partial charge >= 0.3 is 0 Å². The number of hydrogen-bond acceptors (Lipinski definition) is 2. The largest absolute Gasteiger partial charge is 0.496 e. The van der Waals surface area contributed by atoms with Crippen molar-refractivity contribution < 1.29 is 13.9 Å². The molecule has 2 aromatic carbocycles. The molecule has 0 aromatic heterocycles. The summed E-state index contributed by atoms with van der Waals surface area (Å²) in [7, 11) is 3.59. The molecule has 108 valence electrons. The van der Waals surface area contributed by atoms with Gasteiger partial charge in [0.15, 0.2) is 0 Å². The lowest BCUT2D eigenvalue weighted by molar-refractivity contribution is 0.0999. The van der Waals surface area contributed by atoms with E-state index in [0.29, 0.717) is 18.4 Å². The van der Waals surface area contributed by atoms with Crippen LogP contribution in [0.5, 0.6) is 5.75 Å². The first kappa shape index (κ1) is 15.1. The van der Waals surface area contributed by atoms with Crippen LogP contribution in [0.25, 0.3) is 0 Å². The number of aryl methyl sites for hydroxylation is 1. The summed E-state index contributed by atoms with van der Waals surface area (Å²) in [5.41, 5.74) is 7.98. The summed E-state index contributed by atoms with van der Waals surface area (Å²) in [6, 6.07) is 10.2. The van der Waals surface area contributed by atoms with Gasteiger partial charge in [-0.05, 0) is 36.6 Å². The molecule has 0 aliphatic carbocycles. The minimum atomic E-state index is -0.610. The predicted molar refractivity (Wildman–Crippen MR) is 83.5 cm³/mol. The second kappa shape index (κ2) is 6.44. The molecule has 0 atom stereocenters. The molecule has 2 rings (SSSR count). The first-order valence-corrected chi connectivity index (χ1v) is 6.73.